The van der Waals surface area contributed by atoms with Gasteiger partial charge in [0.2, 0.25) is 5.78 Å². The highest BCUT2D eigenvalue weighted by Gasteiger charge is 2.02. The third-order valence-electron chi connectivity index (χ3n) is 1.61. The zero-order valence-electron chi connectivity index (χ0n) is 7.94. The number of ketones is 1. The first kappa shape index (κ1) is 11.8. The van der Waals surface area contributed by atoms with Gasteiger partial charge in [0, 0.05) is 13.0 Å². The van der Waals surface area contributed by atoms with E-state index in [4.69, 9.17) is 5.53 Å². The molecule has 0 amide bonds. The maximum Gasteiger partial charge on any atom is 0.323 e. The Bertz CT molecular complexity index is 219. The number of carbonyl (C=O) groups is 1. The number of likely N-dealkylation sites (N-methyl/N-ethyl adjacent to an activating group) is 1. The molecule has 72 valence electrons. The molecule has 0 rings (SSSR count). The first-order valence-electron chi connectivity index (χ1n) is 4.20. The molecule has 0 aromatic carbocycles. The zero-order chi connectivity index (χ0) is 10.1. The van der Waals surface area contributed by atoms with Crippen LogP contribution in [-0.4, -0.2) is 41.8 Å². The van der Waals surface area contributed by atoms with Crippen LogP contribution in [-0.2, 0) is 4.79 Å². The highest BCUT2D eigenvalue weighted by Crippen LogP contribution is 1.92. The smallest absolute Gasteiger partial charge is 0.323 e. The molecule has 0 aliphatic heterocycles. The molecule has 0 aromatic heterocycles. The summed E-state index contributed by atoms with van der Waals surface area (Å²) in [5.74, 6) is -0.144. The van der Waals surface area contributed by atoms with Crippen molar-refractivity contribution in [1.82, 2.24) is 4.90 Å². The molecule has 0 aromatic rings. The molecule has 0 bridgehead atoms. The topological polar surface area (TPSA) is 56.7 Å². The molecule has 0 unspecified atom stereocenters. The van der Waals surface area contributed by atoms with E-state index in [1.54, 1.807) is 0 Å². The molecular weight excluding hydrogens is 166 g/mol. The van der Waals surface area contributed by atoms with Crippen molar-refractivity contribution in [2.75, 3.05) is 20.1 Å². The van der Waals surface area contributed by atoms with Crippen molar-refractivity contribution in [3.05, 3.63) is 18.2 Å². The summed E-state index contributed by atoms with van der Waals surface area (Å²) in [5.41, 5.74) is 8.05. The Morgan fingerprint density at radius 3 is 2.92 bits per heavy atom. The molecule has 0 saturated heterocycles. The molecule has 0 spiro atoms. The minimum absolute atomic E-state index is 0.144. The van der Waals surface area contributed by atoms with Crippen LogP contribution < -0.4 is 0 Å². The van der Waals surface area contributed by atoms with Gasteiger partial charge in [-0.1, -0.05) is 6.08 Å². The van der Waals surface area contributed by atoms with Crippen molar-refractivity contribution in [1.29, 1.82) is 0 Å². The van der Waals surface area contributed by atoms with Gasteiger partial charge in [0.25, 0.3) is 0 Å². The average Bonchev–Trinajstić information content (AvgIpc) is 2.05. The summed E-state index contributed by atoms with van der Waals surface area (Å²) in [7, 11) is 1.96. The molecular formula is C9H15N3O. The fourth-order valence-corrected chi connectivity index (χ4v) is 0.964. The lowest BCUT2D eigenvalue weighted by atomic mass is 10.2. The first-order valence-corrected chi connectivity index (χ1v) is 4.20. The predicted octanol–water partition coefficient (Wildman–Crippen LogP) is 0.754. The monoisotopic (exact) mass is 181 g/mol. The van der Waals surface area contributed by atoms with Crippen LogP contribution in [0.1, 0.15) is 12.8 Å². The van der Waals surface area contributed by atoms with Crippen LogP contribution >= 0.6 is 0 Å². The minimum atomic E-state index is -0.144. The molecule has 0 N–H and O–H groups in total. The Hall–Kier alpha value is -1.25. The molecule has 0 saturated carbocycles. The number of rotatable bonds is 7. The lowest BCUT2D eigenvalue weighted by Crippen LogP contribution is -2.20. The van der Waals surface area contributed by atoms with Gasteiger partial charge in [-0.3, -0.25) is 4.79 Å². The summed E-state index contributed by atoms with van der Waals surface area (Å²) in [6.45, 7) is 5.28. The molecule has 0 fully saturated rings. The van der Waals surface area contributed by atoms with Crippen LogP contribution in [0.4, 0.5) is 0 Å². The lowest BCUT2D eigenvalue weighted by Gasteiger charge is -2.12. The van der Waals surface area contributed by atoms with Crippen LogP contribution in [0, 0.1) is 0 Å². The van der Waals surface area contributed by atoms with E-state index in [2.05, 4.69) is 16.3 Å². The predicted molar refractivity (Wildman–Crippen MR) is 51.6 cm³/mol. The summed E-state index contributed by atoms with van der Waals surface area (Å²) in [6.07, 6.45) is 3.95. The second-order valence-electron chi connectivity index (χ2n) is 2.87. The molecule has 4 nitrogen and oxygen atoms in total. The summed E-state index contributed by atoms with van der Waals surface area (Å²) in [6, 6.07) is 0. The summed E-state index contributed by atoms with van der Waals surface area (Å²) in [5, 5.41) is 0. The third-order valence-corrected chi connectivity index (χ3v) is 1.61. The van der Waals surface area contributed by atoms with Crippen molar-refractivity contribution in [2.45, 2.75) is 12.8 Å². The molecule has 0 aliphatic carbocycles. The SMILES string of the molecule is C=CCN(C)CCCC(=O)C=[N+]=[N-]. The van der Waals surface area contributed by atoms with Crippen molar-refractivity contribution < 1.29 is 9.58 Å². The number of hydrogen-bond acceptors (Lipinski definition) is 2. The van der Waals surface area contributed by atoms with Gasteiger partial charge < -0.3 is 10.4 Å². The van der Waals surface area contributed by atoms with E-state index in [9.17, 15) is 4.79 Å². The third kappa shape index (κ3) is 7.12. The van der Waals surface area contributed by atoms with Crippen LogP contribution in [0.5, 0.6) is 0 Å². The van der Waals surface area contributed by atoms with Gasteiger partial charge in [0.15, 0.2) is 0 Å². The van der Waals surface area contributed by atoms with Gasteiger partial charge >= 0.3 is 6.21 Å². The Kier molecular flexibility index (Phi) is 6.69. The van der Waals surface area contributed by atoms with Crippen molar-refractivity contribution in [3.8, 4) is 0 Å². The van der Waals surface area contributed by atoms with Gasteiger partial charge in [0.05, 0.1) is 0 Å². The van der Waals surface area contributed by atoms with Crippen molar-refractivity contribution in [2.24, 2.45) is 0 Å². The number of nitrogens with zero attached hydrogens (tertiary/aromatic N) is 3. The van der Waals surface area contributed by atoms with E-state index < -0.39 is 0 Å². The Balaban J connectivity index is 3.49. The van der Waals surface area contributed by atoms with E-state index in [-0.39, 0.29) is 5.78 Å². The van der Waals surface area contributed by atoms with Crippen LogP contribution in [0.25, 0.3) is 5.53 Å². The normalized spacial score (nSPS) is 9.38. The second-order valence-corrected chi connectivity index (χ2v) is 2.87. The van der Waals surface area contributed by atoms with Gasteiger partial charge in [-0.15, -0.1) is 6.58 Å². The van der Waals surface area contributed by atoms with Gasteiger partial charge in [-0.2, -0.15) is 4.79 Å². The quantitative estimate of drug-likeness (QED) is 0.252. The second kappa shape index (κ2) is 7.40. The summed E-state index contributed by atoms with van der Waals surface area (Å²) >= 11 is 0. The first-order chi connectivity index (χ1) is 6.20. The molecule has 4 heteroatoms. The van der Waals surface area contributed by atoms with Crippen LogP contribution in [0.15, 0.2) is 12.7 Å². The van der Waals surface area contributed by atoms with Crippen LogP contribution in [0.3, 0.4) is 0 Å². The van der Waals surface area contributed by atoms with E-state index >= 15 is 0 Å². The Morgan fingerprint density at radius 2 is 2.38 bits per heavy atom. The van der Waals surface area contributed by atoms with E-state index in [1.165, 1.54) is 0 Å². The maximum atomic E-state index is 10.8. The number of Topliss-reactive ketones (excluding diaryl/α,β-unsaturated/α-hetero) is 1. The standard InChI is InChI=1S/C9H15N3O/c1-3-6-12(2)7-4-5-9(13)8-11-10/h3,8H,1,4-7H2,2H3. The molecule has 0 atom stereocenters. The summed E-state index contributed by atoms with van der Waals surface area (Å²) < 4.78 is 0. The zero-order valence-corrected chi connectivity index (χ0v) is 7.94. The number of carbonyl (C=O) groups excluding carboxylic acids is 1. The van der Waals surface area contributed by atoms with E-state index in [0.29, 0.717) is 6.42 Å². The Morgan fingerprint density at radius 1 is 1.69 bits per heavy atom. The highest BCUT2D eigenvalue weighted by atomic mass is 16.1. The van der Waals surface area contributed by atoms with Gasteiger partial charge in [0.1, 0.15) is 0 Å². The highest BCUT2D eigenvalue weighted by molar-refractivity contribution is 6.25. The van der Waals surface area contributed by atoms with Crippen molar-refractivity contribution in [3.63, 3.8) is 0 Å². The minimum Gasteiger partial charge on any atom is -0.361 e. The largest absolute Gasteiger partial charge is 0.361 e. The Labute approximate surface area is 78.5 Å². The number of hydrogen-bond donors (Lipinski definition) is 0. The van der Waals surface area contributed by atoms with Gasteiger partial charge in [-0.25, -0.2) is 0 Å². The fraction of sp³-hybridized carbons (Fsp3) is 0.556. The van der Waals surface area contributed by atoms with E-state index in [1.807, 2.05) is 13.1 Å². The van der Waals surface area contributed by atoms with E-state index in [0.717, 1.165) is 25.7 Å². The van der Waals surface area contributed by atoms with Crippen molar-refractivity contribution >= 4 is 12.0 Å². The average molecular weight is 181 g/mol. The molecule has 0 radical (unpaired) electrons. The molecule has 13 heavy (non-hydrogen) atoms. The molecule has 0 heterocycles. The summed E-state index contributed by atoms with van der Waals surface area (Å²) in [4.78, 5) is 15.6. The van der Waals surface area contributed by atoms with Gasteiger partial charge in [-0.05, 0) is 20.0 Å². The van der Waals surface area contributed by atoms with Crippen LogP contribution in [0.2, 0.25) is 0 Å². The fourth-order valence-electron chi connectivity index (χ4n) is 0.964. The molecule has 0 aliphatic rings. The lowest BCUT2D eigenvalue weighted by molar-refractivity contribution is -0.116. The maximum absolute atomic E-state index is 10.8.